The third kappa shape index (κ3) is 48.2. The Kier molecular flexibility index (Phi) is 56.2. The summed E-state index contributed by atoms with van der Waals surface area (Å²) in [6.07, 6.45) is -3.49. The predicted molar refractivity (Wildman–Crippen MR) is 237 cm³/mol. The molecular weight excluding hydrogens is 1040 g/mol. The fourth-order valence-corrected chi connectivity index (χ4v) is 3.28. The second kappa shape index (κ2) is 44.8. The number of alkyl halides is 1. The van der Waals surface area contributed by atoms with Crippen molar-refractivity contribution in [2.24, 2.45) is 0 Å². The van der Waals surface area contributed by atoms with Crippen LogP contribution in [0.5, 0.6) is 0 Å². The van der Waals surface area contributed by atoms with Gasteiger partial charge in [-0.05, 0) is 123 Å². The molecule has 0 fully saturated rings. The molecule has 26 heteroatoms. The summed E-state index contributed by atoms with van der Waals surface area (Å²) in [5.41, 5.74) is -1.93. The van der Waals surface area contributed by atoms with Crippen LogP contribution < -0.4 is 118 Å². The minimum atomic E-state index is -1.51. The fraction of sp³-hybridized carbons (Fsp3) is 0.780. The maximum absolute atomic E-state index is 12.0. The normalized spacial score (nSPS) is 12.7. The van der Waals surface area contributed by atoms with Crippen molar-refractivity contribution in [3.8, 4) is 0 Å². The minimum absolute atomic E-state index is 0. The summed E-state index contributed by atoms with van der Waals surface area (Å²) < 4.78 is 35.1. The van der Waals surface area contributed by atoms with Gasteiger partial charge in [-0.3, -0.25) is 14.5 Å². The monoisotopic (exact) mass is 1110 g/mol. The molecule has 0 aromatic heterocycles. The fourth-order valence-electron chi connectivity index (χ4n) is 3.28. The zero-order chi connectivity index (χ0) is 51.9. The Balaban J connectivity index is -0.000000121. The molecule has 0 saturated carbocycles. The van der Waals surface area contributed by atoms with E-state index < -0.39 is 101 Å². The van der Waals surface area contributed by atoms with Crippen LogP contribution in [0.1, 0.15) is 124 Å². The molecule has 67 heavy (non-hydrogen) atoms. The molecule has 0 aliphatic carbocycles. The Bertz CT molecular complexity index is 1440. The summed E-state index contributed by atoms with van der Waals surface area (Å²) in [5, 5.41) is 21.7. The van der Waals surface area contributed by atoms with Crippen LogP contribution >= 0.6 is 15.9 Å². The van der Waals surface area contributed by atoms with Gasteiger partial charge in [0.15, 0.2) is 18.3 Å². The van der Waals surface area contributed by atoms with E-state index in [-0.39, 0.29) is 161 Å². The molecule has 6 unspecified atom stereocenters. The number of nitrogens with one attached hydrogen (secondary N) is 1. The Morgan fingerprint density at radius 2 is 0.896 bits per heavy atom. The zero-order valence-corrected chi connectivity index (χ0v) is 55.1. The van der Waals surface area contributed by atoms with E-state index in [0.29, 0.717) is 11.5 Å². The standard InChI is InChI=1S/C16H29NO6.C12H21NO6.C11H21NO4.CH3Br.CH2O3.3K/c1-8-9-10-21-15(20)17(7)11(2)13(18)22-12(3)14(19)23-16(4,5)6;1-7(13(6)11(16)17)9(14)18-8(2)10(15)19-12(3,4)5;1-7(12-6)9(13)15-8(2)10(14)16-11(3,4)5;1-2;2-1-4-3;;;/h11-12H,8-10H2,1-7H3;7-8H,1-6H3,(H,16,17);7-8,12H,1-6H3;1H3;1,3H;;;/q;;;;;;2*+1/p-2. The average Bonchev–Trinajstić information content (AvgIpc) is 3.18. The topological polar surface area (TPSA) is 292 Å². The zero-order valence-electron chi connectivity index (χ0n) is 44.2. The molecule has 0 saturated heterocycles. The molecule has 0 heterocycles. The number of nitrogens with zero attached hydrogens (tertiary/aromatic N) is 2. The number of hydrogen-bond acceptors (Lipinski definition) is 20. The van der Waals surface area contributed by atoms with Crippen molar-refractivity contribution in [1.29, 1.82) is 0 Å². The molecule has 6 atom stereocenters. The second-order valence-electron chi connectivity index (χ2n) is 16.3. The van der Waals surface area contributed by atoms with Crippen LogP contribution in [-0.2, 0) is 71.6 Å². The number of ether oxygens (including phenoxy) is 7. The van der Waals surface area contributed by atoms with E-state index in [9.17, 15) is 43.5 Å². The number of carbonyl (C=O) groups excluding carboxylic acids is 9. The van der Waals surface area contributed by atoms with E-state index in [1.54, 1.807) is 76.3 Å². The molecule has 0 aliphatic rings. The van der Waals surface area contributed by atoms with Crippen LogP contribution in [0, 0.1) is 0 Å². The van der Waals surface area contributed by atoms with Crippen LogP contribution in [0.25, 0.3) is 0 Å². The summed E-state index contributed by atoms with van der Waals surface area (Å²) in [5.74, 6) is -2.06. The summed E-state index contributed by atoms with van der Waals surface area (Å²) in [6.45, 7) is 26.4. The van der Waals surface area contributed by atoms with E-state index in [4.69, 9.17) is 43.2 Å². The quantitative estimate of drug-likeness (QED) is 0.0228. The minimum Gasteiger partial charge on any atom is -0.662 e. The summed E-state index contributed by atoms with van der Waals surface area (Å²) in [6, 6.07) is -2.37. The third-order valence-electron chi connectivity index (χ3n) is 7.06. The molecule has 2 amide bonds. The Hall–Kier alpha value is 0.139. The third-order valence-corrected chi connectivity index (χ3v) is 7.06. The molecule has 0 aromatic carbocycles. The molecule has 0 aromatic rings. The van der Waals surface area contributed by atoms with Crippen LogP contribution in [0.2, 0.25) is 0 Å². The summed E-state index contributed by atoms with van der Waals surface area (Å²) in [4.78, 5) is 105. The van der Waals surface area contributed by atoms with Crippen LogP contribution in [-0.4, -0.2) is 202 Å². The van der Waals surface area contributed by atoms with Gasteiger partial charge in [0.1, 0.15) is 41.0 Å². The molecule has 1 radical (unpaired) electrons. The van der Waals surface area contributed by atoms with Crippen LogP contribution in [0.3, 0.4) is 0 Å². The smallest absolute Gasteiger partial charge is 0.662 e. The van der Waals surface area contributed by atoms with E-state index in [2.05, 4.69) is 26.1 Å². The first-order valence-corrected chi connectivity index (χ1v) is 21.5. The van der Waals surface area contributed by atoms with Gasteiger partial charge < -0.3 is 63.4 Å². The van der Waals surface area contributed by atoms with Crippen LogP contribution in [0.4, 0.5) is 9.59 Å². The maximum atomic E-state index is 12.0. The van der Waals surface area contributed by atoms with Crippen molar-refractivity contribution in [2.45, 2.75) is 177 Å². The van der Waals surface area contributed by atoms with Gasteiger partial charge in [0, 0.05) is 65.5 Å². The number of carboxylic acid groups (broad SMARTS) is 1. The average molecular weight is 1110 g/mol. The number of hydrogen-bond donors (Lipinski definition) is 1. The molecule has 377 valence electrons. The number of halogens is 1. The van der Waals surface area contributed by atoms with Gasteiger partial charge in [-0.1, -0.05) is 29.3 Å². The Labute approximate surface area is 533 Å². The van der Waals surface area contributed by atoms with Crippen molar-refractivity contribution >= 4 is 122 Å². The number of esters is 6. The molecule has 0 spiro atoms. The predicted octanol–water partition coefficient (Wildman–Crippen LogP) is -3.62. The van der Waals surface area contributed by atoms with Gasteiger partial charge in [0.2, 0.25) is 0 Å². The maximum Gasteiger partial charge on any atom is 1.00 e. The second-order valence-corrected chi connectivity index (χ2v) is 16.3. The number of likely N-dealkylation sites (N-methyl/N-ethyl adjacent to an activating group) is 3. The first-order valence-electron chi connectivity index (χ1n) is 19.9. The molecule has 0 bridgehead atoms. The van der Waals surface area contributed by atoms with Gasteiger partial charge in [-0.25, -0.2) is 28.8 Å². The molecule has 0 rings (SSSR count). The van der Waals surface area contributed by atoms with E-state index in [0.717, 1.165) is 17.7 Å². The van der Waals surface area contributed by atoms with Gasteiger partial charge in [-0.2, -0.15) is 0 Å². The SMILES string of the molecule is CBr.CC(OC(=O)C(C)N(C)C(=O)[O-])C(=O)OC(C)(C)C.CCCCOC(=O)N(C)C(C)C(=O)OC(C)C(=O)OC(C)(C)C.CNC(C)C(=O)OC(C)C(=O)OC(C)(C)C.O=CO[O-].[K+].[K+].[K]. The number of carbonyl (C=O) groups is 9. The number of unbranched alkanes of at least 4 members (excludes halogenated alkanes) is 1. The van der Waals surface area contributed by atoms with Crippen LogP contribution in [0.15, 0.2) is 0 Å². The molecule has 22 nitrogen and oxygen atoms in total. The summed E-state index contributed by atoms with van der Waals surface area (Å²) in [7, 11) is 4.27. The van der Waals surface area contributed by atoms with Gasteiger partial charge >= 0.3 is 145 Å². The van der Waals surface area contributed by atoms with Crippen molar-refractivity contribution in [1.82, 2.24) is 15.1 Å². The number of amides is 2. The molecular formula is C41H74BrK3N3O19. The number of rotatable bonds is 16. The largest absolute Gasteiger partial charge is 1.00 e. The van der Waals surface area contributed by atoms with Gasteiger partial charge in [0.05, 0.1) is 6.61 Å². The Morgan fingerprint density at radius 1 is 0.612 bits per heavy atom. The first-order chi connectivity index (χ1) is 29.0. The van der Waals surface area contributed by atoms with Crippen molar-refractivity contribution < 1.29 is 194 Å². The Morgan fingerprint density at radius 3 is 1.13 bits per heavy atom. The first kappa shape index (κ1) is 84.0. The summed E-state index contributed by atoms with van der Waals surface area (Å²) >= 11 is 2.94. The molecule has 1 N–H and O–H groups in total. The van der Waals surface area contributed by atoms with Gasteiger partial charge in [-0.15, -0.1) is 0 Å². The van der Waals surface area contributed by atoms with Crippen molar-refractivity contribution in [3.05, 3.63) is 0 Å². The van der Waals surface area contributed by atoms with Crippen molar-refractivity contribution in [3.63, 3.8) is 0 Å². The molecule has 0 aliphatic heterocycles. The van der Waals surface area contributed by atoms with E-state index in [1.807, 2.05) is 12.8 Å². The van der Waals surface area contributed by atoms with E-state index >= 15 is 0 Å². The van der Waals surface area contributed by atoms with E-state index in [1.165, 1.54) is 48.7 Å². The van der Waals surface area contributed by atoms with Gasteiger partial charge in [0.25, 0.3) is 6.47 Å². The van der Waals surface area contributed by atoms with Crippen molar-refractivity contribution in [2.75, 3.05) is 33.6 Å².